The summed E-state index contributed by atoms with van der Waals surface area (Å²) in [5.74, 6) is 1.38. The minimum Gasteiger partial charge on any atom is -1.00 e. The number of ether oxygens (including phenoxy) is 2. The molecule has 0 unspecified atom stereocenters. The number of nitrogens with one attached hydrogen (secondary N) is 1. The van der Waals surface area contributed by atoms with Gasteiger partial charge in [-0.25, -0.2) is 14.6 Å². The number of piperazine rings is 2. The van der Waals surface area contributed by atoms with Crippen molar-refractivity contribution < 1.29 is 138 Å². The van der Waals surface area contributed by atoms with Gasteiger partial charge in [0.1, 0.15) is 29.6 Å². The molecule has 19 nitrogen and oxygen atoms in total. The molecule has 0 atom stereocenters. The molecule has 24 heteroatoms. The first kappa shape index (κ1) is 59.6. The standard InChI is InChI=1S/C24H23ClN6O2.C13H16Cl2N2O2.C11H8N4.CH2O3.2K.H/c1-33-21-15-17(7-8-19(21)25)29-11-13-30(14-12-29)22(32)16-31-24-18(5-4-10-27-24)23(28-31)20-6-2-3-9-26-20;1-19-12-8-10(2-3-11(12)15)16-4-6-17(7-5-16)13(18)9-14;1-2-6-12-9(5-1)10-8-4-3-7-13-11(8)15-14-10;2-1-4-3;;;/h2-10,15H,11-14,16H2,1H3;2-3,8H,4-7,9H2,1H3;1-7H,(H,13,14,15);1,3H;;;/q;;;;2*+1;-1/p-1. The third-order valence-corrected chi connectivity index (χ3v) is 12.2. The van der Waals surface area contributed by atoms with E-state index in [9.17, 15) is 9.59 Å². The van der Waals surface area contributed by atoms with Crippen LogP contribution < -0.4 is 127 Å². The normalized spacial score (nSPS) is 12.8. The molecule has 2 fully saturated rings. The van der Waals surface area contributed by atoms with Crippen LogP contribution in [0.2, 0.25) is 10.0 Å². The fourth-order valence-electron chi connectivity index (χ4n) is 7.80. The van der Waals surface area contributed by atoms with Gasteiger partial charge in [-0.15, -0.1) is 11.6 Å². The van der Waals surface area contributed by atoms with E-state index in [0.29, 0.717) is 53.4 Å². The zero-order valence-corrected chi connectivity index (χ0v) is 49.1. The molecule has 2 aliphatic heterocycles. The molecule has 0 aliphatic carbocycles. The van der Waals surface area contributed by atoms with Crippen LogP contribution in [-0.4, -0.2) is 140 Å². The number of anilines is 2. The van der Waals surface area contributed by atoms with Crippen molar-refractivity contribution >= 4 is 86.5 Å². The van der Waals surface area contributed by atoms with Crippen LogP contribution in [0.5, 0.6) is 11.5 Å². The average Bonchev–Trinajstić information content (AvgIpc) is 4.04. The van der Waals surface area contributed by atoms with Gasteiger partial charge in [0.05, 0.1) is 41.3 Å². The van der Waals surface area contributed by atoms with Gasteiger partial charge in [0.2, 0.25) is 11.8 Å². The molecule has 1 N–H and O–H groups in total. The van der Waals surface area contributed by atoms with Crippen LogP contribution in [0.3, 0.4) is 0 Å². The molecule has 10 rings (SSSR count). The number of H-pyrrole nitrogens is 1. The number of hydrogen-bond donors (Lipinski definition) is 1. The first-order valence-electron chi connectivity index (χ1n) is 22.1. The smallest absolute Gasteiger partial charge is 1.00 e. The first-order chi connectivity index (χ1) is 34.7. The quantitative estimate of drug-likeness (QED) is 0.0643. The SMILES string of the molecule is COc1cc(N2CCN(C(=O)CCl)CC2)ccc1Cl.COc1cc(N2CCN(C(=O)Cn3nc(-c4ccccn4)c4cccnc43)CC2)ccc1Cl.O=CO[O-].[H-].[K+].[K+].c1ccc(-c2[nH]nc3ncccc23)nc1. The number of carbonyl (C=O) groups is 3. The second-order valence-corrected chi connectivity index (χ2v) is 16.6. The number of rotatable bonds is 10. The van der Waals surface area contributed by atoms with Crippen LogP contribution in [0, 0.1) is 0 Å². The summed E-state index contributed by atoms with van der Waals surface area (Å²) in [5.41, 5.74) is 6.77. The molecular formula is C49H49Cl3K2N12O7. The van der Waals surface area contributed by atoms with E-state index >= 15 is 0 Å². The number of aromatic nitrogens is 8. The summed E-state index contributed by atoms with van der Waals surface area (Å²) in [4.78, 5) is 61.3. The van der Waals surface area contributed by atoms with Crippen molar-refractivity contribution in [2.75, 3.05) is 82.3 Å². The van der Waals surface area contributed by atoms with Crippen molar-refractivity contribution in [3.05, 3.63) is 132 Å². The van der Waals surface area contributed by atoms with Gasteiger partial charge in [-0.1, -0.05) is 35.3 Å². The Morgan fingerprint density at radius 1 is 0.671 bits per heavy atom. The maximum absolute atomic E-state index is 13.1. The molecule has 2 saturated heterocycles. The van der Waals surface area contributed by atoms with Gasteiger partial charge in [-0.3, -0.25) is 29.5 Å². The van der Waals surface area contributed by atoms with Crippen LogP contribution in [0.4, 0.5) is 11.4 Å². The van der Waals surface area contributed by atoms with E-state index < -0.39 is 0 Å². The number of halogens is 3. The number of fused-ring (bicyclic) bond motifs is 2. The van der Waals surface area contributed by atoms with Gasteiger partial charge < -0.3 is 40.6 Å². The molecule has 2 amide bonds. The zero-order chi connectivity index (χ0) is 50.1. The van der Waals surface area contributed by atoms with Crippen LogP contribution in [0.1, 0.15) is 1.43 Å². The average molecular weight is 1100 g/mol. The van der Waals surface area contributed by atoms with Crippen LogP contribution in [-0.2, 0) is 25.8 Å². The Bertz CT molecular complexity index is 3030. The Morgan fingerprint density at radius 3 is 1.68 bits per heavy atom. The summed E-state index contributed by atoms with van der Waals surface area (Å²) < 4.78 is 12.2. The molecule has 0 radical (unpaired) electrons. The van der Waals surface area contributed by atoms with Gasteiger partial charge in [0.15, 0.2) is 11.3 Å². The van der Waals surface area contributed by atoms with Crippen LogP contribution in [0.15, 0.2) is 122 Å². The molecule has 6 aromatic heterocycles. The molecule has 0 saturated carbocycles. The summed E-state index contributed by atoms with van der Waals surface area (Å²) in [7, 11) is 3.21. The van der Waals surface area contributed by atoms with Gasteiger partial charge in [-0.2, -0.15) is 10.2 Å². The summed E-state index contributed by atoms with van der Waals surface area (Å²) in [6, 6.07) is 30.6. The number of methoxy groups -OCH3 is 2. The fraction of sp³-hybridized carbons (Fsp3) is 0.245. The number of nitrogens with zero attached hydrogens (tertiary/aromatic N) is 11. The molecule has 8 heterocycles. The van der Waals surface area contributed by atoms with Crippen molar-refractivity contribution in [1.29, 1.82) is 0 Å². The maximum Gasteiger partial charge on any atom is 1.00 e. The fourth-order valence-corrected chi connectivity index (χ4v) is 8.36. The molecule has 0 bridgehead atoms. The molecular weight excluding hydrogens is 1050 g/mol. The van der Waals surface area contributed by atoms with E-state index in [4.69, 9.17) is 59.4 Å². The topological polar surface area (TPSA) is 213 Å². The molecule has 370 valence electrons. The predicted molar refractivity (Wildman–Crippen MR) is 270 cm³/mol. The molecule has 0 spiro atoms. The van der Waals surface area contributed by atoms with E-state index in [-0.39, 0.29) is 135 Å². The Balaban J connectivity index is 0.000000246. The summed E-state index contributed by atoms with van der Waals surface area (Å²) in [6.07, 6.45) is 6.94. The molecule has 73 heavy (non-hydrogen) atoms. The van der Waals surface area contributed by atoms with E-state index in [2.05, 4.69) is 44.8 Å². The first-order valence-corrected chi connectivity index (χ1v) is 23.4. The molecule has 8 aromatic rings. The van der Waals surface area contributed by atoms with Gasteiger partial charge in [0, 0.05) is 111 Å². The van der Waals surface area contributed by atoms with Crippen molar-refractivity contribution in [3.8, 4) is 34.3 Å². The number of amides is 2. The summed E-state index contributed by atoms with van der Waals surface area (Å²) >= 11 is 17.7. The van der Waals surface area contributed by atoms with Crippen molar-refractivity contribution in [3.63, 3.8) is 0 Å². The van der Waals surface area contributed by atoms with Gasteiger partial charge >= 0.3 is 103 Å². The number of carbonyl (C=O) groups excluding carboxylic acids is 3. The maximum atomic E-state index is 13.1. The Hall–Kier alpha value is -4.31. The third-order valence-electron chi connectivity index (χ3n) is 11.4. The van der Waals surface area contributed by atoms with Gasteiger partial charge in [0.25, 0.3) is 6.47 Å². The van der Waals surface area contributed by atoms with Crippen LogP contribution in [0.25, 0.3) is 44.8 Å². The Morgan fingerprint density at radius 2 is 1.18 bits per heavy atom. The number of benzene rings is 2. The predicted octanol–water partition coefficient (Wildman–Crippen LogP) is 0.315. The second-order valence-electron chi connectivity index (χ2n) is 15.5. The minimum atomic E-state index is -0.181. The van der Waals surface area contributed by atoms with E-state index in [1.54, 1.807) is 48.6 Å². The Kier molecular flexibility index (Phi) is 24.7. The number of alkyl halides is 1. The van der Waals surface area contributed by atoms with E-state index in [0.717, 1.165) is 76.7 Å². The van der Waals surface area contributed by atoms with Crippen molar-refractivity contribution in [2.45, 2.75) is 6.54 Å². The second kappa shape index (κ2) is 30.3. The summed E-state index contributed by atoms with van der Waals surface area (Å²) in [5, 5.41) is 23.3. The minimum absolute atomic E-state index is 0. The van der Waals surface area contributed by atoms with E-state index in [1.807, 2.05) is 102 Å². The summed E-state index contributed by atoms with van der Waals surface area (Å²) in [6.45, 7) is 5.62. The monoisotopic (exact) mass is 1100 g/mol. The number of aromatic amines is 1. The largest absolute Gasteiger partial charge is 1.00 e. The number of hydrogen-bond acceptors (Lipinski definition) is 15. The van der Waals surface area contributed by atoms with Crippen molar-refractivity contribution in [1.82, 2.24) is 49.7 Å². The Labute approximate surface area is 522 Å². The molecule has 2 aromatic carbocycles. The van der Waals surface area contributed by atoms with Crippen molar-refractivity contribution in [2.24, 2.45) is 0 Å². The van der Waals surface area contributed by atoms with E-state index in [1.165, 1.54) is 0 Å². The van der Waals surface area contributed by atoms with Gasteiger partial charge in [-0.05, 0) is 72.8 Å². The molecule has 2 aliphatic rings. The third kappa shape index (κ3) is 15.9. The number of pyridine rings is 4. The van der Waals surface area contributed by atoms with Crippen LogP contribution >= 0.6 is 34.8 Å². The zero-order valence-electron chi connectivity index (χ0n) is 41.6.